The highest BCUT2D eigenvalue weighted by atomic mass is 16.3. The number of rotatable bonds is 5. The lowest BCUT2D eigenvalue weighted by molar-refractivity contribution is -0.122. The van der Waals surface area contributed by atoms with Crippen molar-refractivity contribution in [3.63, 3.8) is 0 Å². The Morgan fingerprint density at radius 3 is 3.00 bits per heavy atom. The summed E-state index contributed by atoms with van der Waals surface area (Å²) in [5.74, 6) is -0.165. The van der Waals surface area contributed by atoms with E-state index in [0.717, 1.165) is 22.0 Å². The number of nitrogens with one attached hydrogen (secondary N) is 2. The molecular weight excluding hydrogens is 266 g/mol. The largest absolute Gasteiger partial charge is 0.472 e. The predicted molar refractivity (Wildman–Crippen MR) is 80.5 cm³/mol. The van der Waals surface area contributed by atoms with E-state index in [-0.39, 0.29) is 5.91 Å². The fourth-order valence-electron chi connectivity index (χ4n) is 2.34. The maximum atomic E-state index is 12.0. The van der Waals surface area contributed by atoms with E-state index < -0.39 is 6.04 Å². The lowest BCUT2D eigenvalue weighted by atomic mass is 10.1. The first-order valence-electron chi connectivity index (χ1n) is 6.83. The molecule has 5 heteroatoms. The molecule has 0 saturated carbocycles. The molecule has 1 aromatic carbocycles. The first-order valence-corrected chi connectivity index (χ1v) is 6.83. The van der Waals surface area contributed by atoms with E-state index in [4.69, 9.17) is 10.2 Å². The van der Waals surface area contributed by atoms with Crippen LogP contribution in [0.1, 0.15) is 11.1 Å². The molecule has 1 atom stereocenters. The minimum Gasteiger partial charge on any atom is -0.472 e. The van der Waals surface area contributed by atoms with Crippen molar-refractivity contribution in [2.24, 2.45) is 5.73 Å². The highest BCUT2D eigenvalue weighted by molar-refractivity contribution is 5.86. The maximum absolute atomic E-state index is 12.0. The number of hydrogen-bond donors (Lipinski definition) is 3. The molecule has 2 heterocycles. The van der Waals surface area contributed by atoms with Gasteiger partial charge in [0.05, 0.1) is 18.6 Å². The van der Waals surface area contributed by atoms with Crippen molar-refractivity contribution in [1.82, 2.24) is 10.3 Å². The van der Waals surface area contributed by atoms with E-state index in [2.05, 4.69) is 10.3 Å². The number of carbonyl (C=O) groups is 1. The van der Waals surface area contributed by atoms with E-state index in [1.54, 1.807) is 12.5 Å². The van der Waals surface area contributed by atoms with E-state index in [0.29, 0.717) is 13.0 Å². The number of nitrogens with two attached hydrogens (primary N) is 1. The van der Waals surface area contributed by atoms with Gasteiger partial charge in [0.1, 0.15) is 0 Å². The Morgan fingerprint density at radius 2 is 2.19 bits per heavy atom. The molecule has 0 bridgehead atoms. The Kier molecular flexibility index (Phi) is 3.75. The van der Waals surface area contributed by atoms with E-state index in [1.807, 2.05) is 36.5 Å². The summed E-state index contributed by atoms with van der Waals surface area (Å²) in [7, 11) is 0. The van der Waals surface area contributed by atoms with Gasteiger partial charge in [-0.25, -0.2) is 0 Å². The lowest BCUT2D eigenvalue weighted by Gasteiger charge is -2.11. The second kappa shape index (κ2) is 5.85. The predicted octanol–water partition coefficient (Wildman–Crippen LogP) is 1.95. The summed E-state index contributed by atoms with van der Waals surface area (Å²) in [5.41, 5.74) is 9.02. The van der Waals surface area contributed by atoms with Crippen molar-refractivity contribution < 1.29 is 9.21 Å². The maximum Gasteiger partial charge on any atom is 0.237 e. The van der Waals surface area contributed by atoms with Crippen LogP contribution in [-0.4, -0.2) is 16.9 Å². The monoisotopic (exact) mass is 283 g/mol. The van der Waals surface area contributed by atoms with E-state index >= 15 is 0 Å². The molecule has 0 fully saturated rings. The van der Waals surface area contributed by atoms with Crippen LogP contribution in [0.4, 0.5) is 0 Å². The summed E-state index contributed by atoms with van der Waals surface area (Å²) < 4.78 is 4.95. The van der Waals surface area contributed by atoms with Gasteiger partial charge in [0.15, 0.2) is 0 Å². The molecule has 108 valence electrons. The molecule has 0 aliphatic rings. The second-order valence-corrected chi connectivity index (χ2v) is 5.02. The minimum absolute atomic E-state index is 0.165. The summed E-state index contributed by atoms with van der Waals surface area (Å²) >= 11 is 0. The summed E-state index contributed by atoms with van der Waals surface area (Å²) in [4.78, 5) is 15.2. The van der Waals surface area contributed by atoms with Crippen LogP contribution >= 0.6 is 0 Å². The van der Waals surface area contributed by atoms with Crippen molar-refractivity contribution in [2.45, 2.75) is 19.0 Å². The van der Waals surface area contributed by atoms with Gasteiger partial charge >= 0.3 is 0 Å². The summed E-state index contributed by atoms with van der Waals surface area (Å²) in [6, 6.07) is 9.22. The number of aromatic amines is 1. The normalized spacial score (nSPS) is 12.4. The van der Waals surface area contributed by atoms with Crippen LogP contribution in [0.3, 0.4) is 0 Å². The number of H-pyrrole nitrogens is 1. The Morgan fingerprint density at radius 1 is 1.33 bits per heavy atom. The molecule has 1 unspecified atom stereocenters. The number of fused-ring (bicyclic) bond motifs is 1. The topological polar surface area (TPSA) is 84.0 Å². The molecule has 3 rings (SSSR count). The van der Waals surface area contributed by atoms with Gasteiger partial charge in [-0.15, -0.1) is 0 Å². The summed E-state index contributed by atoms with van der Waals surface area (Å²) in [6.45, 7) is 0.427. The van der Waals surface area contributed by atoms with Crippen LogP contribution in [0.2, 0.25) is 0 Å². The van der Waals surface area contributed by atoms with Crippen LogP contribution in [0.5, 0.6) is 0 Å². The third-order valence-corrected chi connectivity index (χ3v) is 3.50. The Balaban J connectivity index is 1.62. The van der Waals surface area contributed by atoms with E-state index in [1.165, 1.54) is 0 Å². The van der Waals surface area contributed by atoms with E-state index in [9.17, 15) is 4.79 Å². The van der Waals surface area contributed by atoms with Gasteiger partial charge in [-0.2, -0.15) is 0 Å². The van der Waals surface area contributed by atoms with Crippen LogP contribution in [0, 0.1) is 0 Å². The average Bonchev–Trinajstić information content (AvgIpc) is 3.15. The van der Waals surface area contributed by atoms with Crippen molar-refractivity contribution in [3.8, 4) is 0 Å². The first-order chi connectivity index (χ1) is 10.2. The molecule has 1 amide bonds. The van der Waals surface area contributed by atoms with Crippen molar-refractivity contribution in [2.75, 3.05) is 0 Å². The number of benzene rings is 1. The molecule has 4 N–H and O–H groups in total. The Bertz CT molecular complexity index is 731. The SMILES string of the molecule is NC(Cc1c[nH]c2ccccc12)C(=O)NCc1ccoc1. The molecule has 0 spiro atoms. The van der Waals surface area contributed by atoms with Crippen molar-refractivity contribution in [3.05, 3.63) is 60.2 Å². The van der Waals surface area contributed by atoms with Crippen molar-refractivity contribution in [1.29, 1.82) is 0 Å². The molecular formula is C16H17N3O2. The zero-order valence-corrected chi connectivity index (χ0v) is 11.5. The van der Waals surface area contributed by atoms with Gasteiger partial charge in [0.25, 0.3) is 0 Å². The van der Waals surface area contributed by atoms with Gasteiger partial charge < -0.3 is 20.5 Å². The molecule has 5 nitrogen and oxygen atoms in total. The number of amides is 1. The Labute approximate surface area is 122 Å². The third kappa shape index (κ3) is 2.98. The van der Waals surface area contributed by atoms with Crippen LogP contribution < -0.4 is 11.1 Å². The van der Waals surface area contributed by atoms with Crippen LogP contribution in [0.25, 0.3) is 10.9 Å². The fraction of sp³-hybridized carbons (Fsp3) is 0.188. The highest BCUT2D eigenvalue weighted by Crippen LogP contribution is 2.18. The summed E-state index contributed by atoms with van der Waals surface area (Å²) in [6.07, 6.45) is 5.59. The lowest BCUT2D eigenvalue weighted by Crippen LogP contribution is -2.41. The zero-order chi connectivity index (χ0) is 14.7. The first kappa shape index (κ1) is 13.5. The quantitative estimate of drug-likeness (QED) is 0.669. The number of para-hydroxylation sites is 1. The average molecular weight is 283 g/mol. The van der Waals surface area contributed by atoms with Gasteiger partial charge in [0.2, 0.25) is 5.91 Å². The molecule has 0 radical (unpaired) electrons. The van der Waals surface area contributed by atoms with Crippen LogP contribution in [-0.2, 0) is 17.8 Å². The zero-order valence-electron chi connectivity index (χ0n) is 11.5. The summed E-state index contributed by atoms with van der Waals surface area (Å²) in [5, 5.41) is 3.92. The molecule has 0 aliphatic carbocycles. The second-order valence-electron chi connectivity index (χ2n) is 5.02. The third-order valence-electron chi connectivity index (χ3n) is 3.50. The van der Waals surface area contributed by atoms with Gasteiger partial charge in [0, 0.05) is 29.2 Å². The Hall–Kier alpha value is -2.53. The van der Waals surface area contributed by atoms with Crippen LogP contribution in [0.15, 0.2) is 53.5 Å². The van der Waals surface area contributed by atoms with Gasteiger partial charge in [-0.05, 0) is 24.1 Å². The molecule has 0 aliphatic heterocycles. The molecule has 3 aromatic rings. The standard InChI is InChI=1S/C16H17N3O2/c17-14(16(20)19-8-11-5-6-21-10-11)7-12-9-18-15-4-2-1-3-13(12)15/h1-6,9-10,14,18H,7-8,17H2,(H,19,20). The number of furan rings is 1. The van der Waals surface area contributed by atoms with Gasteiger partial charge in [-0.1, -0.05) is 18.2 Å². The number of hydrogen-bond acceptors (Lipinski definition) is 3. The fourth-order valence-corrected chi connectivity index (χ4v) is 2.34. The molecule has 2 aromatic heterocycles. The minimum atomic E-state index is -0.573. The van der Waals surface area contributed by atoms with Crippen molar-refractivity contribution >= 4 is 16.8 Å². The number of carbonyl (C=O) groups excluding carboxylic acids is 1. The molecule has 21 heavy (non-hydrogen) atoms. The van der Waals surface area contributed by atoms with Gasteiger partial charge in [-0.3, -0.25) is 4.79 Å². The smallest absolute Gasteiger partial charge is 0.237 e. The number of aromatic nitrogens is 1. The highest BCUT2D eigenvalue weighted by Gasteiger charge is 2.16. The molecule has 0 saturated heterocycles.